The predicted octanol–water partition coefficient (Wildman–Crippen LogP) is -0.893. The van der Waals surface area contributed by atoms with E-state index in [1.165, 1.54) is 0 Å². The third-order valence-corrected chi connectivity index (χ3v) is 2.11. The lowest BCUT2D eigenvalue weighted by Crippen LogP contribution is -2.44. The van der Waals surface area contributed by atoms with E-state index >= 15 is 0 Å². The van der Waals surface area contributed by atoms with Crippen molar-refractivity contribution in [2.75, 3.05) is 19.8 Å². The Morgan fingerprint density at radius 3 is 2.83 bits per heavy atom. The zero-order valence-electron chi connectivity index (χ0n) is 7.36. The zero-order chi connectivity index (χ0) is 8.97. The van der Waals surface area contributed by atoms with Crippen LogP contribution in [0, 0.1) is 0 Å². The Hall–Kier alpha value is -0.160. The van der Waals surface area contributed by atoms with E-state index in [0.29, 0.717) is 19.6 Å². The van der Waals surface area contributed by atoms with Gasteiger partial charge in [-0.05, 0) is 13.3 Å². The zero-order valence-corrected chi connectivity index (χ0v) is 7.36. The van der Waals surface area contributed by atoms with Gasteiger partial charge in [-0.15, -0.1) is 0 Å². The molecule has 3 unspecified atom stereocenters. The Morgan fingerprint density at radius 1 is 1.58 bits per heavy atom. The highest BCUT2D eigenvalue weighted by Gasteiger charge is 2.26. The van der Waals surface area contributed by atoms with Gasteiger partial charge in [-0.25, -0.2) is 0 Å². The molecule has 1 fully saturated rings. The van der Waals surface area contributed by atoms with Crippen LogP contribution in [-0.4, -0.2) is 48.2 Å². The second-order valence-electron chi connectivity index (χ2n) is 3.29. The summed E-state index contributed by atoms with van der Waals surface area (Å²) < 4.78 is 5.07. The molecule has 0 bridgehead atoms. The van der Waals surface area contributed by atoms with Gasteiger partial charge in [0.2, 0.25) is 0 Å². The number of ether oxygens (including phenoxy) is 1. The summed E-state index contributed by atoms with van der Waals surface area (Å²) in [6.45, 7) is 3.15. The second kappa shape index (κ2) is 4.77. The molecule has 3 atom stereocenters. The molecule has 1 aliphatic heterocycles. The highest BCUT2D eigenvalue weighted by atomic mass is 16.5. The van der Waals surface area contributed by atoms with Crippen molar-refractivity contribution >= 4 is 0 Å². The summed E-state index contributed by atoms with van der Waals surface area (Å²) in [5.74, 6) is 0. The summed E-state index contributed by atoms with van der Waals surface area (Å²) in [7, 11) is 0. The van der Waals surface area contributed by atoms with Crippen LogP contribution in [0.4, 0.5) is 0 Å². The fraction of sp³-hybridized carbons (Fsp3) is 1.00. The highest BCUT2D eigenvalue weighted by molar-refractivity contribution is 4.82. The molecular formula is C8H17NO3. The van der Waals surface area contributed by atoms with Crippen molar-refractivity contribution in [1.29, 1.82) is 0 Å². The number of rotatable bonds is 4. The quantitative estimate of drug-likeness (QED) is 0.518. The summed E-state index contributed by atoms with van der Waals surface area (Å²) in [5.41, 5.74) is 0. The van der Waals surface area contributed by atoms with Gasteiger partial charge >= 0.3 is 0 Å². The molecule has 1 saturated heterocycles. The van der Waals surface area contributed by atoms with Crippen LogP contribution in [0.3, 0.4) is 0 Å². The van der Waals surface area contributed by atoms with Gasteiger partial charge in [-0.1, -0.05) is 0 Å². The van der Waals surface area contributed by atoms with Crippen LogP contribution >= 0.6 is 0 Å². The molecule has 0 radical (unpaired) electrons. The first-order chi connectivity index (χ1) is 5.74. The smallest absolute Gasteiger partial charge is 0.0948 e. The minimum absolute atomic E-state index is 0.0338. The SMILES string of the molecule is CC(CCO)NC1COCC1O. The van der Waals surface area contributed by atoms with Crippen LogP contribution in [0.5, 0.6) is 0 Å². The normalized spacial score (nSPS) is 32.2. The van der Waals surface area contributed by atoms with E-state index in [2.05, 4.69) is 5.32 Å². The molecule has 1 rings (SSSR count). The van der Waals surface area contributed by atoms with Gasteiger partial charge < -0.3 is 20.3 Å². The molecular weight excluding hydrogens is 158 g/mol. The molecule has 0 aromatic carbocycles. The van der Waals surface area contributed by atoms with Crippen LogP contribution in [0.1, 0.15) is 13.3 Å². The molecule has 4 nitrogen and oxygen atoms in total. The topological polar surface area (TPSA) is 61.7 Å². The van der Waals surface area contributed by atoms with Gasteiger partial charge in [0.1, 0.15) is 0 Å². The lowest BCUT2D eigenvalue weighted by Gasteiger charge is -2.19. The van der Waals surface area contributed by atoms with Gasteiger partial charge in [-0.3, -0.25) is 0 Å². The van der Waals surface area contributed by atoms with E-state index in [1.54, 1.807) is 0 Å². The summed E-state index contributed by atoms with van der Waals surface area (Å²) in [6.07, 6.45) is 0.314. The molecule has 0 aromatic rings. The Morgan fingerprint density at radius 2 is 2.33 bits per heavy atom. The fourth-order valence-electron chi connectivity index (χ4n) is 1.34. The highest BCUT2D eigenvalue weighted by Crippen LogP contribution is 2.06. The van der Waals surface area contributed by atoms with Crippen LogP contribution < -0.4 is 5.32 Å². The largest absolute Gasteiger partial charge is 0.396 e. The summed E-state index contributed by atoms with van der Waals surface area (Å²) >= 11 is 0. The molecule has 1 aliphatic rings. The van der Waals surface area contributed by atoms with Crippen molar-refractivity contribution in [2.24, 2.45) is 0 Å². The molecule has 0 spiro atoms. The number of aliphatic hydroxyl groups excluding tert-OH is 2. The molecule has 1 heterocycles. The van der Waals surface area contributed by atoms with Crippen molar-refractivity contribution in [3.8, 4) is 0 Å². The molecule has 0 amide bonds. The van der Waals surface area contributed by atoms with E-state index in [1.807, 2.05) is 6.92 Å². The van der Waals surface area contributed by atoms with Crippen LogP contribution in [0.25, 0.3) is 0 Å². The third kappa shape index (κ3) is 2.71. The minimum atomic E-state index is -0.397. The van der Waals surface area contributed by atoms with E-state index in [9.17, 15) is 5.11 Å². The summed E-state index contributed by atoms with van der Waals surface area (Å²) in [5, 5.41) is 21.2. The Labute approximate surface area is 72.5 Å². The number of hydrogen-bond donors (Lipinski definition) is 3. The van der Waals surface area contributed by atoms with E-state index < -0.39 is 6.10 Å². The van der Waals surface area contributed by atoms with E-state index in [0.717, 1.165) is 0 Å². The average Bonchev–Trinajstić information content (AvgIpc) is 2.37. The monoisotopic (exact) mass is 175 g/mol. The summed E-state index contributed by atoms with van der Waals surface area (Å²) in [4.78, 5) is 0. The van der Waals surface area contributed by atoms with Gasteiger partial charge in [0, 0.05) is 12.6 Å². The number of nitrogens with one attached hydrogen (secondary N) is 1. The molecule has 12 heavy (non-hydrogen) atoms. The number of aliphatic hydroxyl groups is 2. The molecule has 3 N–H and O–H groups in total. The van der Waals surface area contributed by atoms with Crippen molar-refractivity contribution in [3.63, 3.8) is 0 Å². The average molecular weight is 175 g/mol. The minimum Gasteiger partial charge on any atom is -0.396 e. The molecule has 0 aromatic heterocycles. The van der Waals surface area contributed by atoms with Crippen LogP contribution in [-0.2, 0) is 4.74 Å². The Balaban J connectivity index is 2.20. The molecule has 4 heteroatoms. The van der Waals surface area contributed by atoms with Crippen molar-refractivity contribution in [1.82, 2.24) is 5.32 Å². The maximum absolute atomic E-state index is 9.36. The van der Waals surface area contributed by atoms with Crippen LogP contribution in [0.2, 0.25) is 0 Å². The first kappa shape index (κ1) is 9.92. The van der Waals surface area contributed by atoms with Crippen LogP contribution in [0.15, 0.2) is 0 Å². The number of hydrogen-bond acceptors (Lipinski definition) is 4. The maximum atomic E-state index is 9.36. The van der Waals surface area contributed by atoms with Gasteiger partial charge in [0.15, 0.2) is 0 Å². The molecule has 0 aliphatic carbocycles. The van der Waals surface area contributed by atoms with E-state index in [4.69, 9.17) is 9.84 Å². The van der Waals surface area contributed by atoms with E-state index in [-0.39, 0.29) is 18.7 Å². The first-order valence-electron chi connectivity index (χ1n) is 4.36. The van der Waals surface area contributed by atoms with Crippen molar-refractivity contribution in [2.45, 2.75) is 31.5 Å². The molecule has 0 saturated carbocycles. The van der Waals surface area contributed by atoms with Crippen molar-refractivity contribution in [3.05, 3.63) is 0 Å². The Kier molecular flexibility index (Phi) is 3.94. The predicted molar refractivity (Wildman–Crippen MR) is 44.9 cm³/mol. The third-order valence-electron chi connectivity index (χ3n) is 2.11. The van der Waals surface area contributed by atoms with Gasteiger partial charge in [0.05, 0.1) is 25.4 Å². The van der Waals surface area contributed by atoms with Gasteiger partial charge in [-0.2, -0.15) is 0 Å². The van der Waals surface area contributed by atoms with Crippen molar-refractivity contribution < 1.29 is 14.9 Å². The fourth-order valence-corrected chi connectivity index (χ4v) is 1.34. The lowest BCUT2D eigenvalue weighted by atomic mass is 10.1. The molecule has 72 valence electrons. The Bertz CT molecular complexity index is 131. The first-order valence-corrected chi connectivity index (χ1v) is 4.36. The summed E-state index contributed by atoms with van der Waals surface area (Å²) in [6, 6.07) is 0.267. The second-order valence-corrected chi connectivity index (χ2v) is 3.29. The lowest BCUT2D eigenvalue weighted by molar-refractivity contribution is 0.120. The van der Waals surface area contributed by atoms with Gasteiger partial charge in [0.25, 0.3) is 0 Å². The maximum Gasteiger partial charge on any atom is 0.0948 e. The standard InChI is InChI=1S/C8H17NO3/c1-6(2-3-10)9-7-4-12-5-8(7)11/h6-11H,2-5H2,1H3.